The van der Waals surface area contributed by atoms with Crippen LogP contribution in [0.25, 0.3) is 5.69 Å². The molecule has 2 aromatic carbocycles. The van der Waals surface area contributed by atoms with E-state index in [1.54, 1.807) is 7.11 Å². The number of aryl methyl sites for hydroxylation is 1. The van der Waals surface area contributed by atoms with E-state index < -0.39 is 0 Å². The lowest BCUT2D eigenvalue weighted by atomic mass is 10.1. The van der Waals surface area contributed by atoms with Gasteiger partial charge in [-0.25, -0.2) is 10.2 Å². The number of hydrazone groups is 1. The average molecular weight is 395 g/mol. The second-order valence-corrected chi connectivity index (χ2v) is 6.79. The molecule has 0 saturated carbocycles. The Balaban J connectivity index is 1.61. The van der Waals surface area contributed by atoms with Crippen LogP contribution in [-0.2, 0) is 13.0 Å². The quantitative estimate of drug-likeness (QED) is 0.560. The smallest absolute Gasteiger partial charge is 0.177 e. The Morgan fingerprint density at radius 1 is 1.11 bits per heavy atom. The van der Waals surface area contributed by atoms with Gasteiger partial charge in [0.1, 0.15) is 10.4 Å². The fraction of sp³-hybridized carbons (Fsp3) is 0.200. The number of hydrogen-bond donors (Lipinski definition) is 3. The van der Waals surface area contributed by atoms with E-state index >= 15 is 0 Å². The first-order valence-corrected chi connectivity index (χ1v) is 9.50. The number of hydrogen-bond acceptors (Lipinski definition) is 6. The number of ether oxygens (including phenoxy) is 1. The number of amidine groups is 1. The molecule has 0 fully saturated rings. The number of hydrazine groups is 2. The molecule has 1 aliphatic rings. The second kappa shape index (κ2) is 7.87. The first kappa shape index (κ1) is 18.3. The zero-order valence-electron chi connectivity index (χ0n) is 15.8. The van der Waals surface area contributed by atoms with Crippen LogP contribution in [-0.4, -0.2) is 27.7 Å². The molecule has 0 bridgehead atoms. The Labute approximate surface area is 168 Å². The number of methoxy groups -OCH3 is 1. The topological polar surface area (TPSA) is 69.6 Å². The van der Waals surface area contributed by atoms with E-state index in [1.165, 1.54) is 5.56 Å². The number of aromatic nitrogens is 2. The van der Waals surface area contributed by atoms with Gasteiger partial charge in [-0.1, -0.05) is 49.5 Å². The van der Waals surface area contributed by atoms with Crippen LogP contribution in [0.2, 0.25) is 0 Å². The summed E-state index contributed by atoms with van der Waals surface area (Å²) >= 11 is 5.75. The second-order valence-electron chi connectivity index (χ2n) is 6.40. The van der Waals surface area contributed by atoms with Crippen molar-refractivity contribution in [1.29, 1.82) is 0 Å². The standard InChI is InChI=1S/C20H22N6OS/c1-3-15-6-4-5-7-18(15)26-20(28)17(12-21-26)19-22-23-24-25(19)13-14-8-10-16(27-2)11-9-14/h4-12,21,23-24H,3,13H2,1-2H3. The van der Waals surface area contributed by atoms with Gasteiger partial charge in [0.05, 0.1) is 24.9 Å². The lowest BCUT2D eigenvalue weighted by Crippen LogP contribution is -2.40. The van der Waals surface area contributed by atoms with E-state index in [2.05, 4.69) is 40.3 Å². The van der Waals surface area contributed by atoms with Gasteiger partial charge in [0, 0.05) is 6.20 Å². The van der Waals surface area contributed by atoms with Crippen LogP contribution in [0.15, 0.2) is 59.8 Å². The Bertz CT molecular complexity index is 1050. The van der Waals surface area contributed by atoms with Crippen molar-refractivity contribution in [2.45, 2.75) is 19.9 Å². The summed E-state index contributed by atoms with van der Waals surface area (Å²) in [5.41, 5.74) is 10.2. The molecule has 28 heavy (non-hydrogen) atoms. The normalized spacial score (nSPS) is 13.4. The highest BCUT2D eigenvalue weighted by atomic mass is 32.1. The van der Waals surface area contributed by atoms with E-state index in [4.69, 9.17) is 17.0 Å². The zero-order chi connectivity index (χ0) is 19.5. The molecule has 0 radical (unpaired) electrons. The number of rotatable bonds is 6. The molecule has 0 amide bonds. The minimum Gasteiger partial charge on any atom is -0.497 e. The molecular formula is C20H22N6OS. The summed E-state index contributed by atoms with van der Waals surface area (Å²) in [5.74, 6) is 1.57. The van der Waals surface area contributed by atoms with Crippen LogP contribution in [0.1, 0.15) is 23.6 Å². The summed E-state index contributed by atoms with van der Waals surface area (Å²) in [5, 5.41) is 9.59. The maximum Gasteiger partial charge on any atom is 0.177 e. The number of para-hydroxylation sites is 1. The molecule has 7 nitrogen and oxygen atoms in total. The molecule has 4 rings (SSSR count). The number of aromatic amines is 1. The minimum atomic E-state index is 0.626. The molecule has 0 unspecified atom stereocenters. The summed E-state index contributed by atoms with van der Waals surface area (Å²) in [7, 11) is 1.66. The number of nitrogens with one attached hydrogen (secondary N) is 3. The zero-order valence-corrected chi connectivity index (χ0v) is 16.6. The van der Waals surface area contributed by atoms with Crippen molar-refractivity contribution in [3.63, 3.8) is 0 Å². The van der Waals surface area contributed by atoms with Crippen LogP contribution < -0.4 is 15.8 Å². The highest BCUT2D eigenvalue weighted by molar-refractivity contribution is 7.71. The molecule has 3 N–H and O–H groups in total. The van der Waals surface area contributed by atoms with Gasteiger partial charge in [0.25, 0.3) is 0 Å². The van der Waals surface area contributed by atoms with Crippen molar-refractivity contribution in [3.05, 3.63) is 76.1 Å². The van der Waals surface area contributed by atoms with E-state index in [9.17, 15) is 0 Å². The first-order valence-electron chi connectivity index (χ1n) is 9.09. The minimum absolute atomic E-state index is 0.626. The van der Waals surface area contributed by atoms with Gasteiger partial charge in [-0.2, -0.15) is 0 Å². The highest BCUT2D eigenvalue weighted by Crippen LogP contribution is 2.19. The van der Waals surface area contributed by atoms with E-state index in [1.807, 2.05) is 52.3 Å². The monoisotopic (exact) mass is 394 g/mol. The van der Waals surface area contributed by atoms with Crippen LogP contribution in [0.5, 0.6) is 5.75 Å². The third-order valence-electron chi connectivity index (χ3n) is 4.73. The van der Waals surface area contributed by atoms with Crippen molar-refractivity contribution in [1.82, 2.24) is 25.9 Å². The number of nitrogens with zero attached hydrogens (tertiary/aromatic N) is 3. The molecule has 0 saturated heterocycles. The summed E-state index contributed by atoms with van der Waals surface area (Å²) < 4.78 is 7.83. The van der Waals surface area contributed by atoms with Gasteiger partial charge in [0.15, 0.2) is 5.84 Å². The summed E-state index contributed by atoms with van der Waals surface area (Å²) in [6.07, 6.45) is 2.82. The average Bonchev–Trinajstić information content (AvgIpc) is 3.34. The molecular weight excluding hydrogens is 372 g/mol. The molecule has 3 aromatic rings. The van der Waals surface area contributed by atoms with Gasteiger partial charge in [0.2, 0.25) is 0 Å². The Morgan fingerprint density at radius 2 is 1.89 bits per heavy atom. The number of benzene rings is 2. The summed E-state index contributed by atoms with van der Waals surface area (Å²) in [6.45, 7) is 2.76. The Kier molecular flexibility index (Phi) is 5.14. The predicted molar refractivity (Wildman–Crippen MR) is 112 cm³/mol. The largest absolute Gasteiger partial charge is 0.497 e. The van der Waals surface area contributed by atoms with Crippen molar-refractivity contribution in [2.24, 2.45) is 5.10 Å². The molecule has 0 spiro atoms. The van der Waals surface area contributed by atoms with E-state index in [-0.39, 0.29) is 0 Å². The lowest BCUT2D eigenvalue weighted by Gasteiger charge is -2.18. The van der Waals surface area contributed by atoms with Crippen LogP contribution in [0.4, 0.5) is 0 Å². The van der Waals surface area contributed by atoms with Crippen molar-refractivity contribution in [3.8, 4) is 11.4 Å². The van der Waals surface area contributed by atoms with Crippen molar-refractivity contribution >= 4 is 18.1 Å². The third-order valence-corrected chi connectivity index (χ3v) is 5.13. The molecule has 0 aliphatic carbocycles. The molecule has 1 aliphatic heterocycles. The van der Waals surface area contributed by atoms with Crippen LogP contribution >= 0.6 is 12.2 Å². The van der Waals surface area contributed by atoms with Crippen molar-refractivity contribution < 1.29 is 4.74 Å². The fourth-order valence-corrected chi connectivity index (χ4v) is 3.52. The van der Waals surface area contributed by atoms with Crippen LogP contribution in [0.3, 0.4) is 0 Å². The molecule has 1 aromatic heterocycles. The maximum absolute atomic E-state index is 5.75. The first-order chi connectivity index (χ1) is 13.7. The third kappa shape index (κ3) is 3.39. The summed E-state index contributed by atoms with van der Waals surface area (Å²) in [6, 6.07) is 16.2. The van der Waals surface area contributed by atoms with Gasteiger partial charge in [-0.3, -0.25) is 10.1 Å². The lowest BCUT2D eigenvalue weighted by molar-refractivity contribution is 0.288. The Hall–Kier alpha value is -3.10. The SMILES string of the molecule is CCc1ccccc1-n1[nH]cc(C2=NNNN2Cc2ccc(OC)cc2)c1=S. The highest BCUT2D eigenvalue weighted by Gasteiger charge is 2.22. The molecule has 0 atom stereocenters. The molecule has 2 heterocycles. The van der Waals surface area contributed by atoms with Gasteiger partial charge >= 0.3 is 0 Å². The van der Waals surface area contributed by atoms with Crippen molar-refractivity contribution in [2.75, 3.05) is 7.11 Å². The number of H-pyrrole nitrogens is 1. The predicted octanol–water partition coefficient (Wildman–Crippen LogP) is 3.29. The van der Waals surface area contributed by atoms with E-state index in [0.717, 1.165) is 34.8 Å². The van der Waals surface area contributed by atoms with Gasteiger partial charge < -0.3 is 4.74 Å². The van der Waals surface area contributed by atoms with Gasteiger partial charge in [-0.05, 0) is 35.7 Å². The maximum atomic E-state index is 5.75. The molecule has 8 heteroatoms. The molecule has 144 valence electrons. The van der Waals surface area contributed by atoms with Gasteiger partial charge in [-0.15, -0.1) is 10.6 Å². The Morgan fingerprint density at radius 3 is 2.64 bits per heavy atom. The fourth-order valence-electron chi connectivity index (χ4n) is 3.22. The van der Waals surface area contributed by atoms with E-state index in [0.29, 0.717) is 11.2 Å². The summed E-state index contributed by atoms with van der Waals surface area (Å²) in [4.78, 5) is 0. The van der Waals surface area contributed by atoms with Crippen LogP contribution in [0, 0.1) is 4.64 Å².